The van der Waals surface area contributed by atoms with E-state index < -0.39 is 58.1 Å². The van der Waals surface area contributed by atoms with Gasteiger partial charge in [0, 0.05) is 40.8 Å². The second-order valence-corrected chi connectivity index (χ2v) is 12.4. The molecule has 182 valence electrons. The topological polar surface area (TPSA) is 110 Å². The molecule has 5 aliphatic carbocycles. The molecule has 6 aliphatic rings. The maximum atomic E-state index is 12.8. The van der Waals surface area contributed by atoms with Gasteiger partial charge in [-0.1, -0.05) is 25.2 Å². The maximum absolute atomic E-state index is 12.8. The number of hydrogen-bond acceptors (Lipinski definition) is 7. The van der Waals surface area contributed by atoms with E-state index in [2.05, 4.69) is 18.5 Å². The van der Waals surface area contributed by atoms with Gasteiger partial charge in [-0.25, -0.2) is 4.79 Å². The summed E-state index contributed by atoms with van der Waals surface area (Å²) in [5.41, 5.74) is -2.00. The fourth-order valence-corrected chi connectivity index (χ4v) is 10.7. The zero-order chi connectivity index (χ0) is 23.9. The largest absolute Gasteiger partial charge is 0.456 e. The van der Waals surface area contributed by atoms with Gasteiger partial charge in [0.15, 0.2) is 0 Å². The molecule has 33 heavy (non-hydrogen) atoms. The zero-order valence-corrected chi connectivity index (χ0v) is 20.0. The van der Waals surface area contributed by atoms with E-state index in [4.69, 9.17) is 4.74 Å². The van der Waals surface area contributed by atoms with E-state index in [1.807, 2.05) is 6.92 Å². The van der Waals surface area contributed by atoms with E-state index in [0.717, 1.165) is 5.57 Å². The van der Waals surface area contributed by atoms with E-state index >= 15 is 0 Å². The van der Waals surface area contributed by atoms with Crippen molar-refractivity contribution in [1.82, 2.24) is 4.90 Å². The highest BCUT2D eigenvalue weighted by Crippen LogP contribution is 2.84. The number of carbonyl (C=O) groups is 1. The summed E-state index contributed by atoms with van der Waals surface area (Å²) in [4.78, 5) is 15.1. The number of ether oxygens (including phenoxy) is 1. The van der Waals surface area contributed by atoms with Gasteiger partial charge in [0.05, 0.1) is 18.3 Å². The summed E-state index contributed by atoms with van der Waals surface area (Å²) >= 11 is 0. The standard InChI is InChI=1S/C26H37NO6/c1-6-12(2)22(31)33-19-16-13(3)7-24-10-15(29)26(32)23(4)8-14(28)9-25(26,20(24)18(19)30)21(17(16)24)27(5)11-23/h6,14-21,28-30,32H,3,7-11H2,1-2,4-5H3/b12-6+/t14-,15-,16-,17-,18+,19+,20+,21+,23-,24-,25-,26-/m0/s1. The summed E-state index contributed by atoms with van der Waals surface area (Å²) in [6.07, 6.45) is 0.197. The maximum Gasteiger partial charge on any atom is 0.333 e. The highest BCUT2D eigenvalue weighted by molar-refractivity contribution is 5.87. The molecule has 5 saturated carbocycles. The number of rotatable bonds is 2. The highest BCUT2D eigenvalue weighted by Gasteiger charge is 2.90. The van der Waals surface area contributed by atoms with Crippen molar-refractivity contribution in [2.24, 2.45) is 34.0 Å². The first-order chi connectivity index (χ1) is 15.4. The van der Waals surface area contributed by atoms with Gasteiger partial charge in [-0.15, -0.1) is 0 Å². The molecule has 6 rings (SSSR count). The lowest BCUT2D eigenvalue weighted by Gasteiger charge is -2.72. The Morgan fingerprint density at radius 1 is 1.24 bits per heavy atom. The fraction of sp³-hybridized carbons (Fsp3) is 0.808. The van der Waals surface area contributed by atoms with Gasteiger partial charge in [-0.3, -0.25) is 0 Å². The lowest BCUT2D eigenvalue weighted by molar-refractivity contribution is -0.342. The molecule has 0 radical (unpaired) electrons. The summed E-state index contributed by atoms with van der Waals surface area (Å²) in [7, 11) is 2.07. The summed E-state index contributed by atoms with van der Waals surface area (Å²) in [5, 5.41) is 47.2. The Hall–Kier alpha value is -1.25. The minimum Gasteiger partial charge on any atom is -0.456 e. The van der Waals surface area contributed by atoms with E-state index in [-0.39, 0.29) is 17.9 Å². The van der Waals surface area contributed by atoms with Crippen molar-refractivity contribution in [3.63, 3.8) is 0 Å². The van der Waals surface area contributed by atoms with Gasteiger partial charge in [0.1, 0.15) is 11.7 Å². The number of likely N-dealkylation sites (tertiary alicyclic amines) is 1. The number of esters is 1. The molecule has 4 N–H and O–H groups in total. The van der Waals surface area contributed by atoms with E-state index in [0.29, 0.717) is 37.8 Å². The molecule has 0 unspecified atom stereocenters. The molecule has 1 aliphatic heterocycles. The van der Waals surface area contributed by atoms with Gasteiger partial charge < -0.3 is 30.1 Å². The third kappa shape index (κ3) is 2.11. The quantitative estimate of drug-likeness (QED) is 0.277. The van der Waals surface area contributed by atoms with E-state index in [9.17, 15) is 25.2 Å². The molecule has 12 atom stereocenters. The van der Waals surface area contributed by atoms with E-state index in [1.54, 1.807) is 19.9 Å². The third-order valence-electron chi connectivity index (χ3n) is 11.2. The molecule has 2 spiro atoms. The summed E-state index contributed by atoms with van der Waals surface area (Å²) in [5.74, 6) is -1.09. The van der Waals surface area contributed by atoms with Crippen molar-refractivity contribution in [3.8, 4) is 0 Å². The van der Waals surface area contributed by atoms with Crippen LogP contribution in [-0.2, 0) is 9.53 Å². The minimum absolute atomic E-state index is 0.00867. The molecule has 1 heterocycles. The van der Waals surface area contributed by atoms with Crippen LogP contribution in [0, 0.1) is 34.0 Å². The van der Waals surface area contributed by atoms with Crippen LogP contribution in [-0.4, -0.2) is 80.9 Å². The molecular formula is C26H37NO6. The first-order valence-corrected chi connectivity index (χ1v) is 12.4. The highest BCUT2D eigenvalue weighted by atomic mass is 16.6. The van der Waals surface area contributed by atoms with Crippen LogP contribution in [0.1, 0.15) is 46.5 Å². The lowest BCUT2D eigenvalue weighted by Crippen LogP contribution is -2.82. The molecule has 6 bridgehead atoms. The molecule has 0 aromatic rings. The summed E-state index contributed by atoms with van der Waals surface area (Å²) < 4.78 is 5.99. The second kappa shape index (κ2) is 6.30. The van der Waals surface area contributed by atoms with Crippen molar-refractivity contribution in [1.29, 1.82) is 0 Å². The van der Waals surface area contributed by atoms with Crippen LogP contribution in [0.15, 0.2) is 23.8 Å². The molecular weight excluding hydrogens is 422 g/mol. The van der Waals surface area contributed by atoms with E-state index in [1.165, 1.54) is 0 Å². The van der Waals surface area contributed by atoms with Gasteiger partial charge in [-0.2, -0.15) is 0 Å². The average Bonchev–Trinajstić information content (AvgIpc) is 3.00. The molecule has 0 amide bonds. The number of allylic oxidation sites excluding steroid dienone is 1. The molecule has 0 aromatic carbocycles. The molecule has 1 saturated heterocycles. The van der Waals surface area contributed by atoms with Crippen LogP contribution >= 0.6 is 0 Å². The third-order valence-corrected chi connectivity index (χ3v) is 11.2. The lowest BCUT2D eigenvalue weighted by atomic mass is 9.38. The number of aliphatic hydroxyl groups excluding tert-OH is 3. The predicted molar refractivity (Wildman–Crippen MR) is 120 cm³/mol. The number of nitrogens with zero attached hydrogens (tertiary/aromatic N) is 1. The van der Waals surface area contributed by atoms with Gasteiger partial charge in [0.25, 0.3) is 0 Å². The molecule has 7 nitrogen and oxygen atoms in total. The Bertz CT molecular complexity index is 980. The summed E-state index contributed by atoms with van der Waals surface area (Å²) in [6, 6.07) is -0.141. The van der Waals surface area contributed by atoms with Crippen molar-refractivity contribution in [2.45, 2.75) is 82.5 Å². The Morgan fingerprint density at radius 2 is 1.94 bits per heavy atom. The number of piperidine rings is 1. The minimum atomic E-state index is -1.43. The van der Waals surface area contributed by atoms with Crippen LogP contribution in [0.5, 0.6) is 0 Å². The van der Waals surface area contributed by atoms with Crippen molar-refractivity contribution < 1.29 is 30.0 Å². The predicted octanol–water partition coefficient (Wildman–Crippen LogP) is 1.00. The Kier molecular flexibility index (Phi) is 4.24. The van der Waals surface area contributed by atoms with Crippen LogP contribution in [0.25, 0.3) is 0 Å². The first-order valence-electron chi connectivity index (χ1n) is 12.4. The van der Waals surface area contributed by atoms with Gasteiger partial charge in [-0.05, 0) is 57.9 Å². The number of aliphatic hydroxyl groups is 4. The second-order valence-electron chi connectivity index (χ2n) is 12.4. The Morgan fingerprint density at radius 3 is 2.61 bits per heavy atom. The SMILES string of the molecule is C=C1C[C@@]23C[C@H](O)[C@]4(O)[C@@]5(C)C[C@H](O)C[C@@]46[C@@H]2[C@H](O)[C@H](OC(=O)/C(C)=C/C)[C@@H]1[C@H]3[C@H]6N(C)C5. The monoisotopic (exact) mass is 459 g/mol. The Balaban J connectivity index is 1.58. The summed E-state index contributed by atoms with van der Waals surface area (Å²) in [6.45, 7) is 10.4. The molecule has 6 fully saturated rings. The molecule has 0 aromatic heterocycles. The van der Waals surface area contributed by atoms with Crippen LogP contribution in [0.4, 0.5) is 0 Å². The Labute approximate surface area is 195 Å². The normalized spacial score (nSPS) is 59.0. The van der Waals surface area contributed by atoms with Gasteiger partial charge in [0.2, 0.25) is 0 Å². The van der Waals surface area contributed by atoms with Crippen LogP contribution in [0.2, 0.25) is 0 Å². The fourth-order valence-electron chi connectivity index (χ4n) is 10.7. The first kappa shape index (κ1) is 22.2. The van der Waals surface area contributed by atoms with Crippen molar-refractivity contribution in [2.75, 3.05) is 13.6 Å². The number of hydrogen-bond donors (Lipinski definition) is 4. The average molecular weight is 460 g/mol. The zero-order valence-electron chi connectivity index (χ0n) is 20.0. The van der Waals surface area contributed by atoms with Crippen molar-refractivity contribution >= 4 is 5.97 Å². The van der Waals surface area contributed by atoms with Crippen LogP contribution < -0.4 is 0 Å². The molecule has 7 heteroatoms. The van der Waals surface area contributed by atoms with Crippen LogP contribution in [0.3, 0.4) is 0 Å². The van der Waals surface area contributed by atoms with Gasteiger partial charge >= 0.3 is 5.97 Å². The smallest absolute Gasteiger partial charge is 0.333 e. The van der Waals surface area contributed by atoms with Crippen molar-refractivity contribution in [3.05, 3.63) is 23.8 Å². The number of carbonyl (C=O) groups excluding carboxylic acids is 1.